The molecule has 1 aliphatic heterocycles. The van der Waals surface area contributed by atoms with Crippen LogP contribution in [-0.2, 0) is 13.0 Å². The molecule has 0 spiro atoms. The predicted octanol–water partition coefficient (Wildman–Crippen LogP) is -0.627. The van der Waals surface area contributed by atoms with Crippen molar-refractivity contribution in [2.45, 2.75) is 19.9 Å². The predicted molar refractivity (Wildman–Crippen MR) is 54.0 cm³/mol. The van der Waals surface area contributed by atoms with Gasteiger partial charge in [0, 0.05) is 12.1 Å². The molecule has 1 aromatic rings. The summed E-state index contributed by atoms with van der Waals surface area (Å²) in [5.74, 6) is 4.47. The molecule has 2 heterocycles. The van der Waals surface area contributed by atoms with Gasteiger partial charge in [-0.1, -0.05) is 5.16 Å². The third-order valence-electron chi connectivity index (χ3n) is 2.47. The number of aromatic nitrogens is 1. The standard InChI is InChI=1S/C8H12N4OS/c1-5-6-2-3-12(8(14)10-9)4-7(6)13-11-5/h2-4,9H2,1H3,(H,10,14)/p+1. The lowest BCUT2D eigenvalue weighted by Gasteiger charge is -2.26. The number of rotatable bonds is 0. The number of nitrogens with one attached hydrogen (secondary N) is 1. The smallest absolute Gasteiger partial charge is 0.216 e. The summed E-state index contributed by atoms with van der Waals surface area (Å²) in [5.41, 5.74) is 4.94. The van der Waals surface area contributed by atoms with E-state index < -0.39 is 0 Å². The first-order valence-electron chi connectivity index (χ1n) is 4.48. The van der Waals surface area contributed by atoms with Gasteiger partial charge in [-0.25, -0.2) is 5.43 Å². The van der Waals surface area contributed by atoms with Crippen molar-refractivity contribution in [3.8, 4) is 0 Å². The molecule has 2 rings (SSSR count). The molecule has 14 heavy (non-hydrogen) atoms. The van der Waals surface area contributed by atoms with E-state index >= 15 is 0 Å². The maximum atomic E-state index is 5.21. The quantitative estimate of drug-likeness (QED) is 0.444. The second-order valence-corrected chi connectivity index (χ2v) is 3.71. The molecule has 0 aromatic carbocycles. The zero-order chi connectivity index (χ0) is 10.1. The summed E-state index contributed by atoms with van der Waals surface area (Å²) < 4.78 is 5.21. The van der Waals surface area contributed by atoms with Gasteiger partial charge in [0.2, 0.25) is 5.11 Å². The third-order valence-corrected chi connectivity index (χ3v) is 2.87. The van der Waals surface area contributed by atoms with Crippen molar-refractivity contribution in [3.05, 3.63) is 17.0 Å². The molecule has 0 saturated heterocycles. The van der Waals surface area contributed by atoms with Gasteiger partial charge in [-0.05, 0) is 25.6 Å². The number of quaternary nitrogens is 1. The van der Waals surface area contributed by atoms with Crippen LogP contribution >= 0.6 is 12.2 Å². The van der Waals surface area contributed by atoms with Crippen LogP contribution in [0.5, 0.6) is 0 Å². The first-order chi connectivity index (χ1) is 6.72. The summed E-state index contributed by atoms with van der Waals surface area (Å²) in [6, 6.07) is 0. The van der Waals surface area contributed by atoms with Crippen LogP contribution in [0.2, 0.25) is 0 Å². The summed E-state index contributed by atoms with van der Waals surface area (Å²) in [6.45, 7) is 3.56. The Morgan fingerprint density at radius 2 is 2.50 bits per heavy atom. The Kier molecular flexibility index (Phi) is 2.39. The molecule has 0 unspecified atom stereocenters. The van der Waals surface area contributed by atoms with Crippen LogP contribution in [0, 0.1) is 6.92 Å². The fourth-order valence-electron chi connectivity index (χ4n) is 1.66. The molecular formula is C8H13N4OS+. The summed E-state index contributed by atoms with van der Waals surface area (Å²) in [6.07, 6.45) is 0.937. The zero-order valence-electron chi connectivity index (χ0n) is 8.04. The largest absolute Gasteiger partial charge is 0.359 e. The van der Waals surface area contributed by atoms with E-state index in [9.17, 15) is 0 Å². The SMILES string of the molecule is Cc1noc2c1CCN(C(=S)N[NH3+])C2. The van der Waals surface area contributed by atoms with Crippen LogP contribution in [0.4, 0.5) is 0 Å². The minimum absolute atomic E-state index is 0.657. The van der Waals surface area contributed by atoms with Crippen molar-refractivity contribution in [1.29, 1.82) is 0 Å². The molecular weight excluding hydrogens is 200 g/mol. The second-order valence-electron chi connectivity index (χ2n) is 3.32. The third kappa shape index (κ3) is 1.46. The lowest BCUT2D eigenvalue weighted by molar-refractivity contribution is -0.420. The average Bonchev–Trinajstić information content (AvgIpc) is 2.59. The maximum absolute atomic E-state index is 5.21. The van der Waals surface area contributed by atoms with Gasteiger partial charge in [0.15, 0.2) is 5.76 Å². The molecule has 0 fully saturated rings. The van der Waals surface area contributed by atoms with E-state index in [2.05, 4.69) is 16.4 Å². The fourth-order valence-corrected chi connectivity index (χ4v) is 1.82. The van der Waals surface area contributed by atoms with Crippen molar-refractivity contribution in [3.63, 3.8) is 0 Å². The molecule has 0 radical (unpaired) electrons. The Hall–Kier alpha value is -1.14. The molecule has 0 atom stereocenters. The highest BCUT2D eigenvalue weighted by atomic mass is 32.1. The Bertz CT molecular complexity index is 362. The number of hydrogen-bond donors (Lipinski definition) is 2. The van der Waals surface area contributed by atoms with E-state index in [4.69, 9.17) is 16.7 Å². The number of hydrogen-bond acceptors (Lipinski definition) is 3. The van der Waals surface area contributed by atoms with E-state index in [0.29, 0.717) is 11.7 Å². The topological polar surface area (TPSA) is 68.9 Å². The van der Waals surface area contributed by atoms with Crippen molar-refractivity contribution in [2.75, 3.05) is 6.54 Å². The number of nitrogens with zero attached hydrogens (tertiary/aromatic N) is 2. The van der Waals surface area contributed by atoms with Crippen LogP contribution < -0.4 is 11.3 Å². The van der Waals surface area contributed by atoms with Gasteiger partial charge >= 0.3 is 0 Å². The maximum Gasteiger partial charge on any atom is 0.216 e. The zero-order valence-corrected chi connectivity index (χ0v) is 8.86. The number of fused-ring (bicyclic) bond motifs is 1. The van der Waals surface area contributed by atoms with Gasteiger partial charge in [-0.3, -0.25) is 5.84 Å². The monoisotopic (exact) mass is 213 g/mol. The van der Waals surface area contributed by atoms with Gasteiger partial charge in [0.05, 0.1) is 12.2 Å². The Morgan fingerprint density at radius 3 is 3.21 bits per heavy atom. The minimum atomic E-state index is 0.657. The number of aryl methyl sites for hydroxylation is 1. The fraction of sp³-hybridized carbons (Fsp3) is 0.500. The lowest BCUT2D eigenvalue weighted by Crippen LogP contribution is -2.69. The van der Waals surface area contributed by atoms with E-state index in [-0.39, 0.29) is 0 Å². The van der Waals surface area contributed by atoms with E-state index in [0.717, 1.165) is 24.4 Å². The second kappa shape index (κ2) is 3.55. The van der Waals surface area contributed by atoms with Gasteiger partial charge in [-0.15, -0.1) is 0 Å². The molecule has 76 valence electrons. The molecule has 0 bridgehead atoms. The van der Waals surface area contributed by atoms with Crippen molar-refractivity contribution in [2.24, 2.45) is 0 Å². The summed E-state index contributed by atoms with van der Waals surface area (Å²) >= 11 is 5.10. The van der Waals surface area contributed by atoms with E-state index in [1.807, 2.05) is 11.8 Å². The van der Waals surface area contributed by atoms with Gasteiger partial charge in [0.1, 0.15) is 0 Å². The highest BCUT2D eigenvalue weighted by Crippen LogP contribution is 2.21. The van der Waals surface area contributed by atoms with Crippen LogP contribution in [-0.4, -0.2) is 21.7 Å². The average molecular weight is 213 g/mol. The minimum Gasteiger partial charge on any atom is -0.359 e. The van der Waals surface area contributed by atoms with Crippen LogP contribution in [0.25, 0.3) is 0 Å². The Labute approximate surface area is 87.2 Å². The van der Waals surface area contributed by atoms with E-state index in [1.165, 1.54) is 5.56 Å². The molecule has 0 amide bonds. The highest BCUT2D eigenvalue weighted by Gasteiger charge is 2.23. The molecule has 6 heteroatoms. The van der Waals surface area contributed by atoms with E-state index in [1.54, 1.807) is 0 Å². The molecule has 0 saturated carbocycles. The van der Waals surface area contributed by atoms with Crippen LogP contribution in [0.3, 0.4) is 0 Å². The first kappa shape index (κ1) is 9.42. The summed E-state index contributed by atoms with van der Waals surface area (Å²) in [7, 11) is 0. The normalized spacial score (nSPS) is 15.1. The molecule has 1 aromatic heterocycles. The lowest BCUT2D eigenvalue weighted by atomic mass is 10.1. The summed E-state index contributed by atoms with van der Waals surface area (Å²) in [4.78, 5) is 2.02. The van der Waals surface area contributed by atoms with Gasteiger partial charge < -0.3 is 9.42 Å². The highest BCUT2D eigenvalue weighted by molar-refractivity contribution is 7.80. The number of thiocarbonyl (C=S) groups is 1. The van der Waals surface area contributed by atoms with Gasteiger partial charge in [0.25, 0.3) is 0 Å². The Morgan fingerprint density at radius 1 is 1.71 bits per heavy atom. The molecule has 0 aliphatic carbocycles. The van der Waals surface area contributed by atoms with Crippen LogP contribution in [0.15, 0.2) is 4.52 Å². The molecule has 4 N–H and O–H groups in total. The van der Waals surface area contributed by atoms with Crippen molar-refractivity contribution in [1.82, 2.24) is 15.5 Å². The first-order valence-corrected chi connectivity index (χ1v) is 4.89. The summed E-state index contributed by atoms with van der Waals surface area (Å²) in [5, 5.41) is 4.59. The van der Waals surface area contributed by atoms with Crippen molar-refractivity contribution >= 4 is 17.3 Å². The van der Waals surface area contributed by atoms with Crippen molar-refractivity contribution < 1.29 is 10.4 Å². The van der Waals surface area contributed by atoms with Gasteiger partial charge in [-0.2, -0.15) is 0 Å². The molecule has 1 aliphatic rings. The van der Waals surface area contributed by atoms with Crippen LogP contribution in [0.1, 0.15) is 17.0 Å². The Balaban J connectivity index is 2.18. The molecule has 5 nitrogen and oxygen atoms in total.